The zero-order valence-electron chi connectivity index (χ0n) is 20.6. The van der Waals surface area contributed by atoms with Gasteiger partial charge >= 0.3 is 6.03 Å². The van der Waals surface area contributed by atoms with Gasteiger partial charge in [0.05, 0.1) is 0 Å². The molecular weight excluding hydrogens is 458 g/mol. The SMILES string of the molecule is O=C(Nc1ccccc1)N1CCN(Cc2cccc(Oc3cc4ccccc4c4ccccc34)c2)CC1. The Morgan fingerprint density at radius 3 is 2.22 bits per heavy atom. The first-order chi connectivity index (χ1) is 18.2. The first kappa shape index (κ1) is 23.1. The van der Waals surface area contributed by atoms with Gasteiger partial charge in [-0.25, -0.2) is 4.79 Å². The van der Waals surface area contributed by atoms with Gasteiger partial charge in [-0.3, -0.25) is 4.90 Å². The minimum atomic E-state index is -0.0381. The molecule has 1 saturated heterocycles. The molecule has 1 fully saturated rings. The van der Waals surface area contributed by atoms with E-state index in [-0.39, 0.29) is 6.03 Å². The number of nitrogens with one attached hydrogen (secondary N) is 1. The quantitative estimate of drug-likeness (QED) is 0.268. The number of hydrogen-bond donors (Lipinski definition) is 1. The maximum atomic E-state index is 12.6. The normalized spacial score (nSPS) is 14.1. The number of para-hydroxylation sites is 1. The topological polar surface area (TPSA) is 44.8 Å². The summed E-state index contributed by atoms with van der Waals surface area (Å²) in [5.41, 5.74) is 2.02. The van der Waals surface area contributed by atoms with Crippen molar-refractivity contribution in [3.63, 3.8) is 0 Å². The van der Waals surface area contributed by atoms with Gasteiger partial charge in [-0.05, 0) is 52.1 Å². The van der Waals surface area contributed by atoms with Crippen LogP contribution in [0.2, 0.25) is 0 Å². The van der Waals surface area contributed by atoms with Crippen LogP contribution in [0.4, 0.5) is 10.5 Å². The van der Waals surface area contributed by atoms with Crippen LogP contribution in [0.15, 0.2) is 109 Å². The van der Waals surface area contributed by atoms with E-state index in [0.717, 1.165) is 42.2 Å². The number of rotatable bonds is 5. The molecule has 1 N–H and O–H groups in total. The van der Waals surface area contributed by atoms with Gasteiger partial charge < -0.3 is 15.0 Å². The van der Waals surface area contributed by atoms with E-state index in [2.05, 4.69) is 83.0 Å². The molecule has 1 aliphatic heterocycles. The number of nitrogens with zero attached hydrogens (tertiary/aromatic N) is 2. The number of urea groups is 1. The number of ether oxygens (including phenoxy) is 1. The van der Waals surface area contributed by atoms with Gasteiger partial charge in [-0.15, -0.1) is 0 Å². The Balaban J connectivity index is 1.12. The second-order valence-corrected chi connectivity index (χ2v) is 9.45. The summed E-state index contributed by atoms with van der Waals surface area (Å²) in [4.78, 5) is 16.9. The molecule has 1 aliphatic rings. The fourth-order valence-corrected chi connectivity index (χ4v) is 5.03. The number of fused-ring (bicyclic) bond motifs is 3. The highest BCUT2D eigenvalue weighted by Gasteiger charge is 2.21. The second-order valence-electron chi connectivity index (χ2n) is 9.45. The smallest absolute Gasteiger partial charge is 0.321 e. The Morgan fingerprint density at radius 1 is 0.703 bits per heavy atom. The van der Waals surface area contributed by atoms with Crippen molar-refractivity contribution < 1.29 is 9.53 Å². The van der Waals surface area contributed by atoms with Crippen molar-refractivity contribution in [2.75, 3.05) is 31.5 Å². The number of carbonyl (C=O) groups excluding carboxylic acids is 1. The number of piperazine rings is 1. The van der Waals surface area contributed by atoms with Crippen LogP contribution >= 0.6 is 0 Å². The fourth-order valence-electron chi connectivity index (χ4n) is 5.03. The maximum Gasteiger partial charge on any atom is 0.321 e. The van der Waals surface area contributed by atoms with Crippen LogP contribution in [0.1, 0.15) is 5.56 Å². The second kappa shape index (κ2) is 10.3. The Labute approximate surface area is 216 Å². The Kier molecular flexibility index (Phi) is 6.44. The van der Waals surface area contributed by atoms with E-state index in [0.29, 0.717) is 13.1 Å². The molecule has 0 atom stereocenters. The molecule has 0 unspecified atom stereocenters. The number of carbonyl (C=O) groups is 1. The van der Waals surface area contributed by atoms with Crippen molar-refractivity contribution in [3.8, 4) is 11.5 Å². The summed E-state index contributed by atoms with van der Waals surface area (Å²) in [5.74, 6) is 1.70. The van der Waals surface area contributed by atoms with Gasteiger partial charge in [0.1, 0.15) is 11.5 Å². The molecule has 37 heavy (non-hydrogen) atoms. The average molecular weight is 488 g/mol. The zero-order chi connectivity index (χ0) is 25.0. The predicted octanol–water partition coefficient (Wildman–Crippen LogP) is 7.14. The molecule has 0 saturated carbocycles. The zero-order valence-corrected chi connectivity index (χ0v) is 20.6. The lowest BCUT2D eigenvalue weighted by atomic mass is 10.0. The molecule has 0 spiro atoms. The number of hydrogen-bond acceptors (Lipinski definition) is 3. The van der Waals surface area contributed by atoms with Crippen molar-refractivity contribution >= 4 is 33.3 Å². The highest BCUT2D eigenvalue weighted by molar-refractivity contribution is 6.10. The first-order valence-corrected chi connectivity index (χ1v) is 12.7. The van der Waals surface area contributed by atoms with E-state index in [1.807, 2.05) is 41.3 Å². The maximum absolute atomic E-state index is 12.6. The molecule has 5 aromatic rings. The highest BCUT2D eigenvalue weighted by Crippen LogP contribution is 2.36. The van der Waals surface area contributed by atoms with Crippen LogP contribution in [0, 0.1) is 0 Å². The molecular formula is C32H29N3O2. The van der Waals surface area contributed by atoms with Crippen LogP contribution in [-0.2, 0) is 6.54 Å². The lowest BCUT2D eigenvalue weighted by Gasteiger charge is -2.34. The predicted molar refractivity (Wildman–Crippen MR) is 150 cm³/mol. The monoisotopic (exact) mass is 487 g/mol. The van der Waals surface area contributed by atoms with Crippen LogP contribution in [0.25, 0.3) is 21.5 Å². The Morgan fingerprint density at radius 2 is 1.41 bits per heavy atom. The minimum Gasteiger partial charge on any atom is -0.457 e. The van der Waals surface area contributed by atoms with Crippen LogP contribution in [0.5, 0.6) is 11.5 Å². The van der Waals surface area contributed by atoms with E-state index in [1.165, 1.54) is 21.7 Å². The molecule has 184 valence electrons. The number of benzene rings is 5. The minimum absolute atomic E-state index is 0.0381. The van der Waals surface area contributed by atoms with Gasteiger partial charge in [0.15, 0.2) is 0 Å². The lowest BCUT2D eigenvalue weighted by Crippen LogP contribution is -2.49. The van der Waals surface area contributed by atoms with Crippen LogP contribution in [-0.4, -0.2) is 42.0 Å². The average Bonchev–Trinajstić information content (AvgIpc) is 2.94. The first-order valence-electron chi connectivity index (χ1n) is 12.7. The van der Waals surface area contributed by atoms with E-state index in [4.69, 9.17) is 4.74 Å². The van der Waals surface area contributed by atoms with Crippen molar-refractivity contribution in [3.05, 3.63) is 115 Å². The van der Waals surface area contributed by atoms with Gasteiger partial charge in [0.2, 0.25) is 0 Å². The van der Waals surface area contributed by atoms with E-state index in [1.54, 1.807) is 0 Å². The van der Waals surface area contributed by atoms with E-state index >= 15 is 0 Å². The molecule has 1 heterocycles. The molecule has 2 amide bonds. The van der Waals surface area contributed by atoms with Crippen molar-refractivity contribution in [2.45, 2.75) is 6.54 Å². The summed E-state index contributed by atoms with van der Waals surface area (Å²) in [7, 11) is 0. The van der Waals surface area contributed by atoms with Gasteiger partial charge in [0, 0.05) is 43.8 Å². The number of amides is 2. The molecule has 5 nitrogen and oxygen atoms in total. The van der Waals surface area contributed by atoms with Crippen LogP contribution in [0.3, 0.4) is 0 Å². The van der Waals surface area contributed by atoms with E-state index in [9.17, 15) is 4.79 Å². The van der Waals surface area contributed by atoms with E-state index < -0.39 is 0 Å². The molecule has 6 rings (SSSR count). The fraction of sp³-hybridized carbons (Fsp3) is 0.156. The summed E-state index contributed by atoms with van der Waals surface area (Å²) in [6.07, 6.45) is 0. The molecule has 5 heteroatoms. The highest BCUT2D eigenvalue weighted by atomic mass is 16.5. The van der Waals surface area contributed by atoms with Gasteiger partial charge in [-0.2, -0.15) is 0 Å². The third-order valence-corrected chi connectivity index (χ3v) is 6.95. The molecule has 0 aromatic heterocycles. The van der Waals surface area contributed by atoms with Gasteiger partial charge in [0.25, 0.3) is 0 Å². The van der Waals surface area contributed by atoms with Crippen LogP contribution < -0.4 is 10.1 Å². The lowest BCUT2D eigenvalue weighted by molar-refractivity contribution is 0.143. The Bertz CT molecular complexity index is 1540. The standard InChI is InChI=1S/C32H29N3O2/c36-32(33-26-11-2-1-3-12-26)35-19-17-34(18-20-35)23-24-9-8-13-27(21-24)37-31-22-25-10-4-5-14-28(25)29-15-6-7-16-30(29)31/h1-16,21-22H,17-20,23H2,(H,33,36). The third-order valence-electron chi connectivity index (χ3n) is 6.95. The summed E-state index contributed by atoms with van der Waals surface area (Å²) >= 11 is 0. The summed E-state index contributed by atoms with van der Waals surface area (Å²) in [6.45, 7) is 3.91. The Hall–Kier alpha value is -4.35. The third kappa shape index (κ3) is 5.13. The van der Waals surface area contributed by atoms with Crippen molar-refractivity contribution in [1.82, 2.24) is 9.80 Å². The van der Waals surface area contributed by atoms with Crippen molar-refractivity contribution in [1.29, 1.82) is 0 Å². The van der Waals surface area contributed by atoms with Gasteiger partial charge in [-0.1, -0.05) is 78.9 Å². The molecule has 0 aliphatic carbocycles. The molecule has 5 aromatic carbocycles. The summed E-state index contributed by atoms with van der Waals surface area (Å²) in [5, 5.41) is 7.69. The molecule has 0 radical (unpaired) electrons. The summed E-state index contributed by atoms with van der Waals surface area (Å²) < 4.78 is 6.46. The summed E-state index contributed by atoms with van der Waals surface area (Å²) in [6, 6.07) is 36.9. The molecule has 0 bridgehead atoms. The van der Waals surface area contributed by atoms with Crippen molar-refractivity contribution in [2.24, 2.45) is 0 Å². The largest absolute Gasteiger partial charge is 0.457 e. The number of anilines is 1.